The van der Waals surface area contributed by atoms with Crippen molar-refractivity contribution in [2.45, 2.75) is 38.0 Å². The summed E-state index contributed by atoms with van der Waals surface area (Å²) in [5.41, 5.74) is 5.71. The molecule has 2 aromatic heterocycles. The van der Waals surface area contributed by atoms with Gasteiger partial charge in [-0.1, -0.05) is 16.8 Å². The molecule has 1 unspecified atom stereocenters. The van der Waals surface area contributed by atoms with Crippen molar-refractivity contribution >= 4 is 11.6 Å². The molecule has 0 radical (unpaired) electrons. The van der Waals surface area contributed by atoms with Crippen LogP contribution in [0.1, 0.15) is 34.4 Å². The fourth-order valence-corrected chi connectivity index (χ4v) is 4.83. The maximum absolute atomic E-state index is 9.52. The minimum absolute atomic E-state index is 0.0489. The van der Waals surface area contributed by atoms with E-state index >= 15 is 0 Å². The summed E-state index contributed by atoms with van der Waals surface area (Å²) in [5.74, 6) is 2.25. The van der Waals surface area contributed by atoms with Crippen molar-refractivity contribution in [1.29, 1.82) is 0 Å². The average Bonchev–Trinajstić information content (AvgIpc) is 3.48. The first kappa shape index (κ1) is 18.2. The number of ether oxygens (including phenoxy) is 2. The largest absolute Gasteiger partial charge is 0.485 e. The lowest BCUT2D eigenvalue weighted by atomic mass is 9.98. The Balaban J connectivity index is 1.41. The minimum atomic E-state index is -0.275. The topological polar surface area (TPSA) is 89.6 Å². The second-order valence-electron chi connectivity index (χ2n) is 7.91. The van der Waals surface area contributed by atoms with Gasteiger partial charge in [0.25, 0.3) is 0 Å². The van der Waals surface area contributed by atoms with E-state index in [2.05, 4.69) is 15.5 Å². The number of halogens is 1. The molecule has 30 heavy (non-hydrogen) atoms. The highest BCUT2D eigenvalue weighted by Gasteiger charge is 2.35. The summed E-state index contributed by atoms with van der Waals surface area (Å²) in [4.78, 5) is 4.42. The van der Waals surface area contributed by atoms with Crippen molar-refractivity contribution in [2.24, 2.45) is 0 Å². The molecule has 3 aromatic rings. The van der Waals surface area contributed by atoms with Crippen LogP contribution in [-0.2, 0) is 25.8 Å². The summed E-state index contributed by atoms with van der Waals surface area (Å²) in [5, 5.41) is 17.8. The van der Waals surface area contributed by atoms with Crippen LogP contribution < -0.4 is 14.8 Å². The van der Waals surface area contributed by atoms with Gasteiger partial charge in [-0.05, 0) is 18.2 Å². The van der Waals surface area contributed by atoms with Gasteiger partial charge in [-0.2, -0.15) is 0 Å². The fraction of sp³-hybridized carbons (Fsp3) is 0.364. The van der Waals surface area contributed by atoms with Crippen molar-refractivity contribution in [3.8, 4) is 22.6 Å². The van der Waals surface area contributed by atoms with Crippen molar-refractivity contribution in [1.82, 2.24) is 15.5 Å². The Labute approximate surface area is 178 Å². The van der Waals surface area contributed by atoms with Crippen LogP contribution in [0.4, 0.5) is 0 Å². The van der Waals surface area contributed by atoms with Crippen molar-refractivity contribution in [2.75, 3.05) is 13.2 Å². The molecule has 7 nitrogen and oxygen atoms in total. The first-order chi connectivity index (χ1) is 14.7. The second kappa shape index (κ2) is 6.97. The SMILES string of the molecule is OCC1Cc2nccc(-c3cc(Cl)cc4c3O[C@@H](c3onc5c3CNCC5)C4)c2O1. The van der Waals surface area contributed by atoms with E-state index in [0.717, 1.165) is 64.7 Å². The monoisotopic (exact) mass is 425 g/mol. The Morgan fingerprint density at radius 3 is 2.97 bits per heavy atom. The van der Waals surface area contributed by atoms with Gasteiger partial charge < -0.3 is 24.4 Å². The van der Waals surface area contributed by atoms with Gasteiger partial charge in [-0.3, -0.25) is 4.98 Å². The lowest BCUT2D eigenvalue weighted by molar-refractivity contribution is 0.135. The maximum Gasteiger partial charge on any atom is 0.182 e. The van der Waals surface area contributed by atoms with Gasteiger partial charge in [0.2, 0.25) is 0 Å². The Kier molecular flexibility index (Phi) is 4.23. The van der Waals surface area contributed by atoms with Crippen LogP contribution in [0.25, 0.3) is 11.1 Å². The lowest BCUT2D eigenvalue weighted by Gasteiger charge is -2.16. The molecule has 0 aliphatic carbocycles. The number of aliphatic hydroxyl groups excluding tert-OH is 1. The number of rotatable bonds is 3. The van der Waals surface area contributed by atoms with Gasteiger partial charge >= 0.3 is 0 Å². The number of pyridine rings is 1. The molecular weight excluding hydrogens is 406 g/mol. The molecule has 3 aliphatic rings. The summed E-state index contributed by atoms with van der Waals surface area (Å²) in [6.07, 6.45) is 3.36. The summed E-state index contributed by atoms with van der Waals surface area (Å²) < 4.78 is 18.1. The van der Waals surface area contributed by atoms with E-state index in [4.69, 9.17) is 25.6 Å². The molecule has 0 saturated heterocycles. The highest BCUT2D eigenvalue weighted by Crippen LogP contribution is 2.49. The molecule has 2 N–H and O–H groups in total. The number of aromatic nitrogens is 2. The van der Waals surface area contributed by atoms with Gasteiger partial charge in [0.1, 0.15) is 17.6 Å². The van der Waals surface area contributed by atoms with Gasteiger partial charge in [-0.15, -0.1) is 0 Å². The summed E-state index contributed by atoms with van der Waals surface area (Å²) >= 11 is 6.48. The first-order valence-corrected chi connectivity index (χ1v) is 10.5. The molecule has 2 atom stereocenters. The van der Waals surface area contributed by atoms with E-state index in [1.807, 2.05) is 18.2 Å². The predicted octanol–water partition coefficient (Wildman–Crippen LogP) is 3.01. The van der Waals surface area contributed by atoms with Crippen LogP contribution in [0.5, 0.6) is 11.5 Å². The number of nitrogens with zero attached hydrogens (tertiary/aromatic N) is 2. The van der Waals surface area contributed by atoms with E-state index < -0.39 is 0 Å². The van der Waals surface area contributed by atoms with Crippen molar-refractivity contribution in [3.63, 3.8) is 0 Å². The number of hydrogen-bond acceptors (Lipinski definition) is 7. The third kappa shape index (κ3) is 2.80. The van der Waals surface area contributed by atoms with E-state index in [1.165, 1.54) is 0 Å². The molecule has 8 heteroatoms. The standard InChI is InChI=1S/C22H20ClN3O4/c23-12-5-11-6-19(22-16-9-24-3-2-17(16)26-30-22)29-20(11)15(7-12)14-1-4-25-18-8-13(10-27)28-21(14)18/h1,4-5,7,13,19,24,27H,2-3,6,8-10H2/t13?,19-/m1/s1. The van der Waals surface area contributed by atoms with Gasteiger partial charge in [0, 0.05) is 65.8 Å². The van der Waals surface area contributed by atoms with Crippen LogP contribution in [-0.4, -0.2) is 34.5 Å². The van der Waals surface area contributed by atoms with E-state index in [0.29, 0.717) is 23.6 Å². The minimum Gasteiger partial charge on any atom is -0.485 e. The molecule has 1 aromatic carbocycles. The molecule has 0 fully saturated rings. The van der Waals surface area contributed by atoms with E-state index in [-0.39, 0.29) is 18.8 Å². The summed E-state index contributed by atoms with van der Waals surface area (Å²) in [7, 11) is 0. The third-order valence-corrected chi connectivity index (χ3v) is 6.22. The number of fused-ring (bicyclic) bond motifs is 3. The quantitative estimate of drug-likeness (QED) is 0.666. The smallest absolute Gasteiger partial charge is 0.182 e. The molecule has 3 aliphatic heterocycles. The van der Waals surface area contributed by atoms with Crippen LogP contribution in [0.2, 0.25) is 5.02 Å². The zero-order valence-electron chi connectivity index (χ0n) is 16.2. The van der Waals surface area contributed by atoms with Crippen molar-refractivity contribution in [3.05, 3.63) is 57.7 Å². The zero-order valence-corrected chi connectivity index (χ0v) is 16.9. The lowest BCUT2D eigenvalue weighted by Crippen LogP contribution is -2.24. The van der Waals surface area contributed by atoms with Crippen LogP contribution in [0, 0.1) is 0 Å². The van der Waals surface area contributed by atoms with Crippen molar-refractivity contribution < 1.29 is 19.1 Å². The summed E-state index contributed by atoms with van der Waals surface area (Å²) in [6, 6.07) is 5.74. The highest BCUT2D eigenvalue weighted by atomic mass is 35.5. The zero-order chi connectivity index (χ0) is 20.2. The van der Waals surface area contributed by atoms with Crippen LogP contribution >= 0.6 is 11.6 Å². The number of benzene rings is 1. The van der Waals surface area contributed by atoms with E-state index in [9.17, 15) is 5.11 Å². The average molecular weight is 426 g/mol. The molecule has 0 bridgehead atoms. The van der Waals surface area contributed by atoms with Gasteiger partial charge in [0.15, 0.2) is 11.9 Å². The molecular formula is C22H20ClN3O4. The first-order valence-electron chi connectivity index (χ1n) is 10.1. The van der Waals surface area contributed by atoms with Gasteiger partial charge in [0.05, 0.1) is 18.0 Å². The Morgan fingerprint density at radius 1 is 1.13 bits per heavy atom. The predicted molar refractivity (Wildman–Crippen MR) is 109 cm³/mol. The molecule has 5 heterocycles. The number of nitrogens with one attached hydrogen (secondary N) is 1. The molecule has 0 saturated carbocycles. The number of aliphatic hydroxyl groups is 1. The van der Waals surface area contributed by atoms with Crippen LogP contribution in [0.15, 0.2) is 28.9 Å². The maximum atomic E-state index is 9.52. The fourth-order valence-electron chi connectivity index (χ4n) is 4.59. The third-order valence-electron chi connectivity index (χ3n) is 6.01. The number of hydrogen-bond donors (Lipinski definition) is 2. The molecule has 0 spiro atoms. The molecule has 154 valence electrons. The normalized spacial score (nSPS) is 21.5. The Morgan fingerprint density at radius 2 is 2.07 bits per heavy atom. The van der Waals surface area contributed by atoms with Gasteiger partial charge in [-0.25, -0.2) is 0 Å². The highest BCUT2D eigenvalue weighted by molar-refractivity contribution is 6.31. The summed E-state index contributed by atoms with van der Waals surface area (Å²) in [6.45, 7) is 1.60. The van der Waals surface area contributed by atoms with Crippen LogP contribution in [0.3, 0.4) is 0 Å². The second-order valence-corrected chi connectivity index (χ2v) is 8.35. The molecule has 0 amide bonds. The van der Waals surface area contributed by atoms with E-state index in [1.54, 1.807) is 6.20 Å². The molecule has 6 rings (SSSR count). The Hall–Kier alpha value is -2.61. The Bertz CT molecular complexity index is 1150.